The first-order valence-corrected chi connectivity index (χ1v) is 10.8. The van der Waals surface area contributed by atoms with Crippen LogP contribution < -0.4 is 5.32 Å². The van der Waals surface area contributed by atoms with Crippen LogP contribution in [0.5, 0.6) is 0 Å². The summed E-state index contributed by atoms with van der Waals surface area (Å²) >= 11 is 0. The maximum absolute atomic E-state index is 15.0. The highest BCUT2D eigenvalue weighted by atomic mass is 32.2. The minimum absolute atomic E-state index is 0.0692. The lowest BCUT2D eigenvalue weighted by molar-refractivity contribution is -0.133. The van der Waals surface area contributed by atoms with E-state index in [1.807, 2.05) is 0 Å². The third-order valence-electron chi connectivity index (χ3n) is 6.59. The highest BCUT2D eigenvalue weighted by Gasteiger charge is 2.59. The first-order valence-electron chi connectivity index (χ1n) is 9.36. The normalized spacial score (nSPS) is 38.1. The minimum Gasteiger partial charge on any atom is -0.349 e. The molecular weight excluding hydrogens is 371 g/mol. The van der Waals surface area contributed by atoms with E-state index < -0.39 is 39.6 Å². The molecule has 2 unspecified atom stereocenters. The highest BCUT2D eigenvalue weighted by molar-refractivity contribution is 7.90. The van der Waals surface area contributed by atoms with Crippen molar-refractivity contribution in [3.05, 3.63) is 29.8 Å². The Labute approximate surface area is 157 Å². The summed E-state index contributed by atoms with van der Waals surface area (Å²) in [6.07, 6.45) is 3.91. The van der Waals surface area contributed by atoms with E-state index in [1.54, 1.807) is 12.1 Å². The SMILES string of the molecule is O=C(CN1C(=O)c2ccccc2S1(=O)=O)NC12CC3CC(CC(F)(C3)C1)C2. The average molecular weight is 392 g/mol. The average Bonchev–Trinajstić information content (AvgIpc) is 2.73. The molecule has 1 N–H and O–H groups in total. The number of benzene rings is 1. The summed E-state index contributed by atoms with van der Waals surface area (Å²) in [7, 11) is -4.02. The van der Waals surface area contributed by atoms with E-state index >= 15 is 4.39 Å². The third-order valence-corrected chi connectivity index (χ3v) is 8.38. The van der Waals surface area contributed by atoms with Crippen LogP contribution in [0.2, 0.25) is 0 Å². The summed E-state index contributed by atoms with van der Waals surface area (Å²) in [5, 5.41) is 2.92. The second kappa shape index (κ2) is 5.31. The van der Waals surface area contributed by atoms with Gasteiger partial charge in [-0.2, -0.15) is 0 Å². The zero-order valence-corrected chi connectivity index (χ0v) is 15.6. The fraction of sp³-hybridized carbons (Fsp3) is 0.579. The van der Waals surface area contributed by atoms with Crippen LogP contribution in [-0.2, 0) is 14.8 Å². The van der Waals surface area contributed by atoms with Gasteiger partial charge in [0, 0.05) is 12.0 Å². The molecule has 0 saturated heterocycles. The first kappa shape index (κ1) is 17.2. The Morgan fingerprint density at radius 2 is 1.85 bits per heavy atom. The van der Waals surface area contributed by atoms with E-state index in [1.165, 1.54) is 12.1 Å². The number of hydrogen-bond acceptors (Lipinski definition) is 4. The van der Waals surface area contributed by atoms with Crippen molar-refractivity contribution < 1.29 is 22.4 Å². The molecule has 4 saturated carbocycles. The number of halogens is 1. The molecule has 8 heteroatoms. The van der Waals surface area contributed by atoms with Crippen LogP contribution in [0.4, 0.5) is 4.39 Å². The molecule has 1 heterocycles. The lowest BCUT2D eigenvalue weighted by Gasteiger charge is -2.59. The van der Waals surface area contributed by atoms with Crippen LogP contribution in [0.1, 0.15) is 48.9 Å². The monoisotopic (exact) mass is 392 g/mol. The summed E-state index contributed by atoms with van der Waals surface area (Å²) in [5.41, 5.74) is -1.74. The fourth-order valence-corrected chi connectivity index (χ4v) is 7.68. The van der Waals surface area contributed by atoms with Crippen LogP contribution in [0.25, 0.3) is 0 Å². The summed E-state index contributed by atoms with van der Waals surface area (Å²) in [6, 6.07) is 5.95. The molecule has 1 aromatic carbocycles. The topological polar surface area (TPSA) is 83.6 Å². The Balaban J connectivity index is 1.36. The molecule has 4 fully saturated rings. The van der Waals surface area contributed by atoms with Gasteiger partial charge in [0.1, 0.15) is 17.1 Å². The van der Waals surface area contributed by atoms with Gasteiger partial charge >= 0.3 is 0 Å². The van der Waals surface area contributed by atoms with Gasteiger partial charge in [0.25, 0.3) is 15.9 Å². The molecule has 0 radical (unpaired) electrons. The van der Waals surface area contributed by atoms with E-state index in [9.17, 15) is 18.0 Å². The van der Waals surface area contributed by atoms with Crippen molar-refractivity contribution in [2.24, 2.45) is 11.8 Å². The summed E-state index contributed by atoms with van der Waals surface area (Å²) < 4.78 is 40.9. The van der Waals surface area contributed by atoms with Crippen molar-refractivity contribution in [1.29, 1.82) is 0 Å². The zero-order valence-electron chi connectivity index (χ0n) is 14.8. The quantitative estimate of drug-likeness (QED) is 0.853. The van der Waals surface area contributed by atoms with Crippen molar-refractivity contribution >= 4 is 21.8 Å². The fourth-order valence-electron chi connectivity index (χ4n) is 6.15. The number of alkyl halides is 1. The third kappa shape index (κ3) is 2.52. The first-order chi connectivity index (χ1) is 12.7. The van der Waals surface area contributed by atoms with E-state index in [-0.39, 0.29) is 22.3 Å². The predicted octanol–water partition coefficient (Wildman–Crippen LogP) is 2.01. The molecule has 2 amide bonds. The molecule has 0 spiro atoms. The minimum atomic E-state index is -4.02. The Morgan fingerprint density at radius 3 is 2.48 bits per heavy atom. The van der Waals surface area contributed by atoms with Gasteiger partial charge in [-0.15, -0.1) is 0 Å². The van der Waals surface area contributed by atoms with Crippen molar-refractivity contribution in [2.45, 2.75) is 54.6 Å². The molecule has 1 aliphatic heterocycles. The van der Waals surface area contributed by atoms with Gasteiger partial charge in [0.2, 0.25) is 5.91 Å². The van der Waals surface area contributed by atoms with E-state index in [0.717, 1.165) is 19.3 Å². The van der Waals surface area contributed by atoms with Crippen LogP contribution in [0.3, 0.4) is 0 Å². The standard InChI is InChI=1S/C19H21FN2O4S/c20-18-6-12-5-13(7-18)9-19(8-12,11-18)21-16(23)10-22-17(24)14-3-1-2-4-15(14)27(22,25)26/h1-4,12-13H,5-11H2,(H,21,23). The van der Waals surface area contributed by atoms with Crippen molar-refractivity contribution in [1.82, 2.24) is 9.62 Å². The van der Waals surface area contributed by atoms with Gasteiger partial charge in [-0.1, -0.05) is 12.1 Å². The number of fused-ring (bicyclic) bond motifs is 1. The van der Waals surface area contributed by atoms with Crippen LogP contribution in [0, 0.1) is 11.8 Å². The number of amides is 2. The van der Waals surface area contributed by atoms with E-state index in [2.05, 4.69) is 5.32 Å². The maximum Gasteiger partial charge on any atom is 0.269 e. The largest absolute Gasteiger partial charge is 0.349 e. The highest BCUT2D eigenvalue weighted by Crippen LogP contribution is 2.59. The molecule has 6 rings (SSSR count). The van der Waals surface area contributed by atoms with Gasteiger partial charge in [-0.3, -0.25) is 9.59 Å². The molecule has 4 aliphatic carbocycles. The number of hydrogen-bond donors (Lipinski definition) is 1. The second-order valence-corrected chi connectivity index (χ2v) is 10.6. The Morgan fingerprint density at radius 1 is 1.19 bits per heavy atom. The second-order valence-electron chi connectivity index (χ2n) is 8.75. The molecule has 2 atom stereocenters. The number of sulfonamides is 1. The van der Waals surface area contributed by atoms with Gasteiger partial charge in [0.15, 0.2) is 0 Å². The van der Waals surface area contributed by atoms with E-state index in [4.69, 9.17) is 0 Å². The molecule has 4 bridgehead atoms. The Hall–Kier alpha value is -1.96. The smallest absolute Gasteiger partial charge is 0.269 e. The zero-order chi connectivity index (χ0) is 19.0. The van der Waals surface area contributed by atoms with E-state index in [0.29, 0.717) is 23.6 Å². The Bertz CT molecular complexity index is 946. The van der Waals surface area contributed by atoms with Gasteiger partial charge in [-0.05, 0) is 56.1 Å². The van der Waals surface area contributed by atoms with Gasteiger partial charge in [-0.25, -0.2) is 17.1 Å². The van der Waals surface area contributed by atoms with Crippen molar-refractivity contribution in [3.8, 4) is 0 Å². The number of nitrogens with zero attached hydrogens (tertiary/aromatic N) is 1. The van der Waals surface area contributed by atoms with Crippen LogP contribution >= 0.6 is 0 Å². The predicted molar refractivity (Wildman–Crippen MR) is 94.1 cm³/mol. The number of nitrogens with one attached hydrogen (secondary N) is 1. The lowest BCUT2D eigenvalue weighted by atomic mass is 9.51. The van der Waals surface area contributed by atoms with Gasteiger partial charge in [0.05, 0.1) is 5.56 Å². The Kier molecular flexibility index (Phi) is 3.37. The molecule has 6 nitrogen and oxygen atoms in total. The van der Waals surface area contributed by atoms with Crippen LogP contribution in [-0.4, -0.2) is 42.3 Å². The van der Waals surface area contributed by atoms with Crippen molar-refractivity contribution in [2.75, 3.05) is 6.54 Å². The molecule has 27 heavy (non-hydrogen) atoms. The summed E-state index contributed by atoms with van der Waals surface area (Å²) in [4.78, 5) is 25.1. The van der Waals surface area contributed by atoms with Gasteiger partial charge < -0.3 is 5.32 Å². The molecule has 1 aromatic rings. The summed E-state index contributed by atoms with van der Waals surface area (Å²) in [5.74, 6) is -0.672. The molecule has 0 aromatic heterocycles. The molecule has 144 valence electrons. The molecule has 5 aliphatic rings. The number of carbonyl (C=O) groups excluding carboxylic acids is 2. The number of carbonyl (C=O) groups is 2. The lowest BCUT2D eigenvalue weighted by Crippen LogP contribution is -2.65. The van der Waals surface area contributed by atoms with Crippen LogP contribution in [0.15, 0.2) is 29.2 Å². The summed E-state index contributed by atoms with van der Waals surface area (Å²) in [6.45, 7) is -0.563. The number of rotatable bonds is 3. The molecular formula is C19H21FN2O4S. The van der Waals surface area contributed by atoms with Crippen molar-refractivity contribution in [3.63, 3.8) is 0 Å². The maximum atomic E-state index is 15.0.